The first-order valence-corrected chi connectivity index (χ1v) is 6.17. The largest absolute Gasteiger partial charge is 0.343 e. The Bertz CT molecular complexity index is 278. The number of nitrogens with one attached hydrogen (secondary N) is 1. The molecular weight excluding hydrogens is 204 g/mol. The van der Waals surface area contributed by atoms with Gasteiger partial charge in [0.15, 0.2) is 0 Å². The predicted molar refractivity (Wildman–Crippen MR) is 62.9 cm³/mol. The van der Waals surface area contributed by atoms with Gasteiger partial charge in [-0.3, -0.25) is 9.59 Å². The molecule has 0 aromatic carbocycles. The van der Waals surface area contributed by atoms with Crippen LogP contribution in [0.5, 0.6) is 0 Å². The van der Waals surface area contributed by atoms with Crippen LogP contribution in [0.4, 0.5) is 0 Å². The molecule has 1 rings (SSSR count). The molecule has 1 aliphatic rings. The summed E-state index contributed by atoms with van der Waals surface area (Å²) in [4.78, 5) is 25.8. The van der Waals surface area contributed by atoms with Crippen LogP contribution in [0.2, 0.25) is 0 Å². The van der Waals surface area contributed by atoms with Crippen molar-refractivity contribution in [2.24, 2.45) is 5.92 Å². The summed E-state index contributed by atoms with van der Waals surface area (Å²) >= 11 is 0. The van der Waals surface area contributed by atoms with Crippen molar-refractivity contribution in [2.45, 2.75) is 52.6 Å². The van der Waals surface area contributed by atoms with Crippen molar-refractivity contribution >= 4 is 11.8 Å². The van der Waals surface area contributed by atoms with E-state index in [9.17, 15) is 9.59 Å². The molecule has 0 spiro atoms. The van der Waals surface area contributed by atoms with Gasteiger partial charge >= 0.3 is 0 Å². The molecule has 0 saturated carbocycles. The fourth-order valence-electron chi connectivity index (χ4n) is 2.22. The van der Waals surface area contributed by atoms with Crippen molar-refractivity contribution in [2.75, 3.05) is 6.54 Å². The van der Waals surface area contributed by atoms with Gasteiger partial charge < -0.3 is 10.2 Å². The number of rotatable bonds is 4. The van der Waals surface area contributed by atoms with Crippen molar-refractivity contribution in [3.05, 3.63) is 0 Å². The lowest BCUT2D eigenvalue weighted by atomic mass is 9.93. The minimum Gasteiger partial charge on any atom is -0.343 e. The quantitative estimate of drug-likeness (QED) is 0.782. The molecule has 0 aromatic rings. The molecule has 1 N–H and O–H groups in total. The Morgan fingerprint density at radius 2 is 1.94 bits per heavy atom. The fraction of sp³-hybridized carbons (Fsp3) is 0.833. The third kappa shape index (κ3) is 2.20. The zero-order valence-corrected chi connectivity index (χ0v) is 10.6. The van der Waals surface area contributed by atoms with E-state index in [1.165, 1.54) is 0 Å². The average molecular weight is 226 g/mol. The van der Waals surface area contributed by atoms with E-state index in [2.05, 4.69) is 5.32 Å². The summed E-state index contributed by atoms with van der Waals surface area (Å²) < 4.78 is 0. The van der Waals surface area contributed by atoms with Crippen LogP contribution in [0, 0.1) is 5.92 Å². The molecule has 1 heterocycles. The van der Waals surface area contributed by atoms with Crippen molar-refractivity contribution in [3.8, 4) is 0 Å². The standard InChI is InChI=1S/C12H22N2O2/c1-5-8(4)10-11(15)13-9(6-2)12(16)14(10)7-3/h8-10H,5-7H2,1-4H3,(H,13,15). The number of carbonyl (C=O) groups excluding carboxylic acids is 2. The molecule has 2 amide bonds. The van der Waals surface area contributed by atoms with Gasteiger partial charge in [0, 0.05) is 6.54 Å². The topological polar surface area (TPSA) is 49.4 Å². The number of nitrogens with zero attached hydrogens (tertiary/aromatic N) is 1. The van der Waals surface area contributed by atoms with Crippen molar-refractivity contribution in [3.63, 3.8) is 0 Å². The maximum Gasteiger partial charge on any atom is 0.245 e. The summed E-state index contributed by atoms with van der Waals surface area (Å²) in [5.41, 5.74) is 0. The van der Waals surface area contributed by atoms with Crippen LogP contribution in [0.1, 0.15) is 40.5 Å². The highest BCUT2D eigenvalue weighted by Gasteiger charge is 2.40. The zero-order valence-electron chi connectivity index (χ0n) is 10.6. The molecule has 16 heavy (non-hydrogen) atoms. The van der Waals surface area contributed by atoms with Crippen LogP contribution >= 0.6 is 0 Å². The second kappa shape index (κ2) is 5.32. The zero-order chi connectivity index (χ0) is 12.3. The van der Waals surface area contributed by atoms with Crippen LogP contribution in [-0.4, -0.2) is 35.3 Å². The second-order valence-corrected chi connectivity index (χ2v) is 4.42. The molecule has 4 heteroatoms. The third-order valence-corrected chi connectivity index (χ3v) is 3.43. The number of carbonyl (C=O) groups is 2. The Hall–Kier alpha value is -1.06. The summed E-state index contributed by atoms with van der Waals surface area (Å²) in [5, 5.41) is 2.82. The lowest BCUT2D eigenvalue weighted by Gasteiger charge is -2.40. The van der Waals surface area contributed by atoms with Gasteiger partial charge in [0.2, 0.25) is 11.8 Å². The fourth-order valence-corrected chi connectivity index (χ4v) is 2.22. The first-order valence-electron chi connectivity index (χ1n) is 6.17. The number of piperazine rings is 1. The highest BCUT2D eigenvalue weighted by atomic mass is 16.2. The molecule has 1 saturated heterocycles. The van der Waals surface area contributed by atoms with Crippen molar-refractivity contribution < 1.29 is 9.59 Å². The smallest absolute Gasteiger partial charge is 0.245 e. The van der Waals surface area contributed by atoms with E-state index < -0.39 is 0 Å². The summed E-state index contributed by atoms with van der Waals surface area (Å²) in [5.74, 6) is 0.277. The highest BCUT2D eigenvalue weighted by Crippen LogP contribution is 2.20. The normalized spacial score (nSPS) is 27.9. The second-order valence-electron chi connectivity index (χ2n) is 4.42. The molecule has 0 bridgehead atoms. The summed E-state index contributed by atoms with van der Waals surface area (Å²) in [6, 6.07) is -0.613. The Morgan fingerprint density at radius 1 is 1.31 bits per heavy atom. The minimum absolute atomic E-state index is 0.00245. The minimum atomic E-state index is -0.326. The Morgan fingerprint density at radius 3 is 2.38 bits per heavy atom. The summed E-state index contributed by atoms with van der Waals surface area (Å²) in [7, 11) is 0. The van der Waals surface area contributed by atoms with Crippen LogP contribution in [0.25, 0.3) is 0 Å². The predicted octanol–water partition coefficient (Wildman–Crippen LogP) is 1.16. The van der Waals surface area contributed by atoms with Gasteiger partial charge in [-0.1, -0.05) is 27.2 Å². The number of hydrogen-bond acceptors (Lipinski definition) is 2. The lowest BCUT2D eigenvalue weighted by Crippen LogP contribution is -2.64. The molecule has 3 atom stereocenters. The number of amides is 2. The maximum atomic E-state index is 12.1. The first-order chi connectivity index (χ1) is 7.56. The average Bonchev–Trinajstić information content (AvgIpc) is 2.29. The summed E-state index contributed by atoms with van der Waals surface area (Å²) in [6.07, 6.45) is 1.56. The lowest BCUT2D eigenvalue weighted by molar-refractivity contribution is -0.151. The first kappa shape index (κ1) is 13.0. The van der Waals surface area contributed by atoms with E-state index in [-0.39, 0.29) is 29.8 Å². The molecule has 4 nitrogen and oxygen atoms in total. The molecule has 0 aromatic heterocycles. The molecular formula is C12H22N2O2. The van der Waals surface area contributed by atoms with E-state index in [1.807, 2.05) is 27.7 Å². The van der Waals surface area contributed by atoms with Gasteiger partial charge in [-0.05, 0) is 19.3 Å². The summed E-state index contributed by atoms with van der Waals surface area (Å²) in [6.45, 7) is 8.52. The van der Waals surface area contributed by atoms with E-state index in [4.69, 9.17) is 0 Å². The third-order valence-electron chi connectivity index (χ3n) is 3.43. The van der Waals surface area contributed by atoms with Gasteiger partial charge in [0.05, 0.1) is 0 Å². The van der Waals surface area contributed by atoms with Gasteiger partial charge in [-0.15, -0.1) is 0 Å². The van der Waals surface area contributed by atoms with Gasteiger partial charge in [-0.25, -0.2) is 0 Å². The van der Waals surface area contributed by atoms with E-state index in [1.54, 1.807) is 4.90 Å². The van der Waals surface area contributed by atoms with Gasteiger partial charge in [0.25, 0.3) is 0 Å². The Labute approximate surface area is 97.4 Å². The van der Waals surface area contributed by atoms with Gasteiger partial charge in [-0.2, -0.15) is 0 Å². The van der Waals surface area contributed by atoms with E-state index >= 15 is 0 Å². The molecule has 1 fully saturated rings. The maximum absolute atomic E-state index is 12.1. The SMILES string of the molecule is CCC1NC(=O)C(C(C)CC)N(CC)C1=O. The molecule has 3 unspecified atom stereocenters. The monoisotopic (exact) mass is 226 g/mol. The number of likely N-dealkylation sites (N-methyl/N-ethyl adjacent to an activating group) is 1. The van der Waals surface area contributed by atoms with Crippen LogP contribution < -0.4 is 5.32 Å². The van der Waals surface area contributed by atoms with E-state index in [0.29, 0.717) is 13.0 Å². The highest BCUT2D eigenvalue weighted by molar-refractivity contribution is 5.97. The Balaban J connectivity index is 2.92. The van der Waals surface area contributed by atoms with Gasteiger partial charge in [0.1, 0.15) is 12.1 Å². The Kier molecular flexibility index (Phi) is 4.33. The van der Waals surface area contributed by atoms with Crippen molar-refractivity contribution in [1.29, 1.82) is 0 Å². The van der Waals surface area contributed by atoms with Crippen LogP contribution in [-0.2, 0) is 9.59 Å². The van der Waals surface area contributed by atoms with Crippen molar-refractivity contribution in [1.82, 2.24) is 10.2 Å². The van der Waals surface area contributed by atoms with Crippen LogP contribution in [0.15, 0.2) is 0 Å². The molecule has 0 aliphatic carbocycles. The molecule has 1 aliphatic heterocycles. The van der Waals surface area contributed by atoms with E-state index in [0.717, 1.165) is 6.42 Å². The molecule has 0 radical (unpaired) electrons. The molecule has 92 valence electrons. The van der Waals surface area contributed by atoms with Crippen LogP contribution in [0.3, 0.4) is 0 Å². The number of hydrogen-bond donors (Lipinski definition) is 1.